The van der Waals surface area contributed by atoms with E-state index in [0.717, 1.165) is 25.2 Å². The van der Waals surface area contributed by atoms with Gasteiger partial charge in [0.15, 0.2) is 0 Å². The lowest BCUT2D eigenvalue weighted by Gasteiger charge is -2.20. The van der Waals surface area contributed by atoms with Crippen LogP contribution in [-0.4, -0.2) is 12.6 Å². The molecule has 2 unspecified atom stereocenters. The number of hydrogen-bond donors (Lipinski definition) is 1. The number of hydrogen-bond acceptors (Lipinski definition) is 3. The fourth-order valence-corrected chi connectivity index (χ4v) is 3.50. The van der Waals surface area contributed by atoms with Crippen LogP contribution in [0, 0.1) is 0 Å². The summed E-state index contributed by atoms with van der Waals surface area (Å²) < 4.78 is 5.57. The zero-order chi connectivity index (χ0) is 13.9. The minimum Gasteiger partial charge on any atom is -0.493 e. The second-order valence-electron chi connectivity index (χ2n) is 5.59. The van der Waals surface area contributed by atoms with Gasteiger partial charge < -0.3 is 10.1 Å². The number of ether oxygens (including phenoxy) is 1. The third kappa shape index (κ3) is 3.05. The van der Waals surface area contributed by atoms with Crippen molar-refractivity contribution >= 4 is 11.3 Å². The molecular weight excluding hydrogens is 266 g/mol. The third-order valence-electron chi connectivity index (χ3n) is 3.87. The van der Waals surface area contributed by atoms with Gasteiger partial charge in [-0.05, 0) is 59.9 Å². The summed E-state index contributed by atoms with van der Waals surface area (Å²) in [6.07, 6.45) is 2.13. The molecule has 0 fully saturated rings. The first-order valence-corrected chi connectivity index (χ1v) is 8.19. The molecule has 2 atom stereocenters. The standard InChI is InChI=1S/C17H21NOS/c1-12(9-14-6-8-20-11-14)18-13(2)15-3-4-17-16(10-15)5-7-19-17/h3-4,6,8,10-13,18H,5,7,9H2,1-2H3. The Kier molecular flexibility index (Phi) is 4.08. The molecule has 1 aliphatic rings. The number of fused-ring (bicyclic) bond motifs is 1. The molecule has 0 radical (unpaired) electrons. The van der Waals surface area contributed by atoms with Crippen molar-refractivity contribution in [3.05, 3.63) is 51.7 Å². The SMILES string of the molecule is CC(Cc1ccsc1)NC(C)c1ccc2c(c1)CCO2. The number of nitrogens with one attached hydrogen (secondary N) is 1. The molecule has 0 spiro atoms. The van der Waals surface area contributed by atoms with Gasteiger partial charge in [-0.2, -0.15) is 11.3 Å². The monoisotopic (exact) mass is 287 g/mol. The van der Waals surface area contributed by atoms with E-state index in [4.69, 9.17) is 4.74 Å². The maximum Gasteiger partial charge on any atom is 0.122 e. The van der Waals surface area contributed by atoms with Crippen LogP contribution in [0.1, 0.15) is 36.6 Å². The van der Waals surface area contributed by atoms with E-state index in [1.807, 2.05) is 0 Å². The molecule has 0 aliphatic carbocycles. The predicted octanol–water partition coefficient (Wildman–Crippen LogP) is 3.96. The minimum absolute atomic E-state index is 0.370. The van der Waals surface area contributed by atoms with Crippen molar-refractivity contribution in [2.24, 2.45) is 0 Å². The van der Waals surface area contributed by atoms with Crippen molar-refractivity contribution in [1.29, 1.82) is 0 Å². The first kappa shape index (κ1) is 13.7. The van der Waals surface area contributed by atoms with Gasteiger partial charge in [0.25, 0.3) is 0 Å². The maximum absolute atomic E-state index is 5.57. The van der Waals surface area contributed by atoms with Gasteiger partial charge in [-0.3, -0.25) is 0 Å². The Morgan fingerprint density at radius 2 is 2.20 bits per heavy atom. The van der Waals surface area contributed by atoms with E-state index < -0.39 is 0 Å². The number of rotatable bonds is 5. The summed E-state index contributed by atoms with van der Waals surface area (Å²) in [6, 6.07) is 9.63. The Morgan fingerprint density at radius 3 is 3.00 bits per heavy atom. The highest BCUT2D eigenvalue weighted by Gasteiger charge is 2.15. The molecule has 0 amide bonds. The topological polar surface area (TPSA) is 21.3 Å². The normalized spacial score (nSPS) is 16.5. The molecule has 0 bridgehead atoms. The molecule has 2 nitrogen and oxygen atoms in total. The van der Waals surface area contributed by atoms with E-state index in [-0.39, 0.29) is 0 Å². The first-order chi connectivity index (χ1) is 9.72. The summed E-state index contributed by atoms with van der Waals surface area (Å²) in [4.78, 5) is 0. The van der Waals surface area contributed by atoms with Crippen LogP contribution in [0.4, 0.5) is 0 Å². The minimum atomic E-state index is 0.370. The summed E-state index contributed by atoms with van der Waals surface area (Å²) in [5.74, 6) is 1.06. The zero-order valence-corrected chi connectivity index (χ0v) is 12.9. The van der Waals surface area contributed by atoms with Crippen molar-refractivity contribution in [2.45, 2.75) is 38.8 Å². The Labute approximate surface area is 124 Å². The fraction of sp³-hybridized carbons (Fsp3) is 0.412. The second-order valence-corrected chi connectivity index (χ2v) is 6.37. The van der Waals surface area contributed by atoms with Gasteiger partial charge in [-0.25, -0.2) is 0 Å². The van der Waals surface area contributed by atoms with Gasteiger partial charge in [-0.1, -0.05) is 12.1 Å². The highest BCUT2D eigenvalue weighted by molar-refractivity contribution is 7.07. The van der Waals surface area contributed by atoms with Gasteiger partial charge in [0.1, 0.15) is 5.75 Å². The van der Waals surface area contributed by atoms with Crippen LogP contribution in [0.5, 0.6) is 5.75 Å². The second kappa shape index (κ2) is 5.98. The van der Waals surface area contributed by atoms with Gasteiger partial charge in [0.2, 0.25) is 0 Å². The lowest BCUT2D eigenvalue weighted by Crippen LogP contribution is -2.30. The Bertz CT molecular complexity index is 564. The van der Waals surface area contributed by atoms with E-state index in [1.54, 1.807) is 11.3 Å². The third-order valence-corrected chi connectivity index (χ3v) is 4.60. The molecule has 20 heavy (non-hydrogen) atoms. The first-order valence-electron chi connectivity index (χ1n) is 7.25. The maximum atomic E-state index is 5.57. The van der Waals surface area contributed by atoms with Gasteiger partial charge in [0, 0.05) is 18.5 Å². The molecule has 3 heteroatoms. The molecule has 3 rings (SSSR count). The van der Waals surface area contributed by atoms with Gasteiger partial charge in [0.05, 0.1) is 6.61 Å². The highest BCUT2D eigenvalue weighted by Crippen LogP contribution is 2.28. The average molecular weight is 287 g/mol. The highest BCUT2D eigenvalue weighted by atomic mass is 32.1. The molecule has 1 aliphatic heterocycles. The molecule has 1 N–H and O–H groups in total. The van der Waals surface area contributed by atoms with E-state index in [0.29, 0.717) is 12.1 Å². The van der Waals surface area contributed by atoms with Crippen LogP contribution in [0.15, 0.2) is 35.0 Å². The quantitative estimate of drug-likeness (QED) is 0.898. The summed E-state index contributed by atoms with van der Waals surface area (Å²) in [7, 11) is 0. The Morgan fingerprint density at radius 1 is 1.30 bits per heavy atom. The van der Waals surface area contributed by atoms with Crippen LogP contribution in [0.2, 0.25) is 0 Å². The van der Waals surface area contributed by atoms with Crippen molar-refractivity contribution in [1.82, 2.24) is 5.32 Å². The molecule has 106 valence electrons. The lowest BCUT2D eigenvalue weighted by molar-refractivity contribution is 0.356. The van der Waals surface area contributed by atoms with E-state index >= 15 is 0 Å². The van der Waals surface area contributed by atoms with Crippen LogP contribution >= 0.6 is 11.3 Å². The average Bonchev–Trinajstić information content (AvgIpc) is 3.07. The largest absolute Gasteiger partial charge is 0.493 e. The Balaban J connectivity index is 1.62. The Hall–Kier alpha value is -1.32. The zero-order valence-electron chi connectivity index (χ0n) is 12.1. The lowest BCUT2D eigenvalue weighted by atomic mass is 10.0. The van der Waals surface area contributed by atoms with E-state index in [2.05, 4.69) is 54.2 Å². The van der Waals surface area contributed by atoms with Crippen molar-refractivity contribution in [3.8, 4) is 5.75 Å². The smallest absolute Gasteiger partial charge is 0.122 e. The van der Waals surface area contributed by atoms with Crippen LogP contribution in [0.3, 0.4) is 0 Å². The predicted molar refractivity (Wildman–Crippen MR) is 84.7 cm³/mol. The number of benzene rings is 1. The summed E-state index contributed by atoms with van der Waals surface area (Å²) in [5, 5.41) is 8.07. The number of thiophene rings is 1. The fourth-order valence-electron chi connectivity index (χ4n) is 2.82. The molecule has 2 heterocycles. The van der Waals surface area contributed by atoms with Crippen LogP contribution in [-0.2, 0) is 12.8 Å². The van der Waals surface area contributed by atoms with Crippen molar-refractivity contribution in [3.63, 3.8) is 0 Å². The summed E-state index contributed by atoms with van der Waals surface area (Å²) >= 11 is 1.77. The molecular formula is C17H21NOS. The van der Waals surface area contributed by atoms with E-state index in [1.165, 1.54) is 16.7 Å². The molecule has 1 aromatic carbocycles. The molecule has 2 aromatic rings. The molecule has 1 aromatic heterocycles. The van der Waals surface area contributed by atoms with E-state index in [9.17, 15) is 0 Å². The molecule has 0 saturated carbocycles. The van der Waals surface area contributed by atoms with Crippen LogP contribution in [0.25, 0.3) is 0 Å². The van der Waals surface area contributed by atoms with Gasteiger partial charge in [-0.15, -0.1) is 0 Å². The van der Waals surface area contributed by atoms with Crippen LogP contribution < -0.4 is 10.1 Å². The molecule has 0 saturated heterocycles. The van der Waals surface area contributed by atoms with Crippen molar-refractivity contribution < 1.29 is 4.74 Å². The summed E-state index contributed by atoms with van der Waals surface area (Å²) in [6.45, 7) is 5.32. The van der Waals surface area contributed by atoms with Gasteiger partial charge >= 0.3 is 0 Å². The summed E-state index contributed by atoms with van der Waals surface area (Å²) in [5.41, 5.74) is 4.12. The van der Waals surface area contributed by atoms with Crippen molar-refractivity contribution in [2.75, 3.05) is 6.61 Å².